The number of nitrogens with one attached hydrogen (secondary N) is 1. The summed E-state index contributed by atoms with van der Waals surface area (Å²) in [5, 5.41) is 4.23. The molecule has 0 bridgehead atoms. The third kappa shape index (κ3) is 5.41. The Bertz CT molecular complexity index is 540. The van der Waals surface area contributed by atoms with Crippen molar-refractivity contribution in [3.05, 3.63) is 64.9 Å². The zero-order chi connectivity index (χ0) is 15.8. The van der Waals surface area contributed by atoms with Crippen molar-refractivity contribution in [2.24, 2.45) is 5.73 Å². The number of benzene rings is 1. The van der Waals surface area contributed by atoms with Crippen LogP contribution in [0.4, 0.5) is 0 Å². The van der Waals surface area contributed by atoms with Gasteiger partial charge in [-0.3, -0.25) is 4.98 Å². The van der Waals surface area contributed by atoms with E-state index in [1.165, 1.54) is 5.56 Å². The maximum absolute atomic E-state index is 6.00. The van der Waals surface area contributed by atoms with E-state index in [4.69, 9.17) is 17.3 Å². The van der Waals surface area contributed by atoms with Gasteiger partial charge in [0, 0.05) is 28.9 Å². The fourth-order valence-corrected chi connectivity index (χ4v) is 2.59. The van der Waals surface area contributed by atoms with E-state index in [0.29, 0.717) is 0 Å². The topological polar surface area (TPSA) is 50.9 Å². The van der Waals surface area contributed by atoms with Gasteiger partial charge in [0.25, 0.3) is 0 Å². The van der Waals surface area contributed by atoms with E-state index in [9.17, 15) is 0 Å². The number of pyridine rings is 1. The minimum atomic E-state index is 0.246. The molecule has 0 aliphatic carbocycles. The van der Waals surface area contributed by atoms with Crippen LogP contribution in [0.15, 0.2) is 48.7 Å². The van der Waals surface area contributed by atoms with Gasteiger partial charge in [0.1, 0.15) is 0 Å². The van der Waals surface area contributed by atoms with Crippen LogP contribution in [0, 0.1) is 0 Å². The SMILES string of the molecule is CC(N)CCNCCC(c1ccc(Cl)cc1)c1ccccn1. The van der Waals surface area contributed by atoms with Gasteiger partial charge in [-0.2, -0.15) is 0 Å². The first-order valence-electron chi connectivity index (χ1n) is 7.79. The van der Waals surface area contributed by atoms with Crippen LogP contribution in [0.1, 0.15) is 36.9 Å². The maximum atomic E-state index is 6.00. The molecule has 2 unspecified atom stereocenters. The molecule has 1 aromatic carbocycles. The van der Waals surface area contributed by atoms with E-state index in [0.717, 1.165) is 36.6 Å². The lowest BCUT2D eigenvalue weighted by Gasteiger charge is -2.18. The van der Waals surface area contributed by atoms with E-state index in [1.807, 2.05) is 37.4 Å². The van der Waals surface area contributed by atoms with Gasteiger partial charge in [-0.1, -0.05) is 29.8 Å². The van der Waals surface area contributed by atoms with Crippen LogP contribution in [0.3, 0.4) is 0 Å². The van der Waals surface area contributed by atoms with Crippen LogP contribution < -0.4 is 11.1 Å². The number of halogens is 1. The Morgan fingerprint density at radius 3 is 2.45 bits per heavy atom. The lowest BCUT2D eigenvalue weighted by atomic mass is 9.92. The molecular weight excluding hydrogens is 294 g/mol. The van der Waals surface area contributed by atoms with Crippen LogP contribution in [0.25, 0.3) is 0 Å². The highest BCUT2D eigenvalue weighted by atomic mass is 35.5. The quantitative estimate of drug-likeness (QED) is 0.732. The highest BCUT2D eigenvalue weighted by molar-refractivity contribution is 6.30. The Morgan fingerprint density at radius 2 is 1.82 bits per heavy atom. The summed E-state index contributed by atoms with van der Waals surface area (Å²) in [7, 11) is 0. The Labute approximate surface area is 137 Å². The summed E-state index contributed by atoms with van der Waals surface area (Å²) in [6.45, 7) is 3.93. The minimum absolute atomic E-state index is 0.246. The molecule has 1 aromatic heterocycles. The second kappa shape index (κ2) is 8.89. The van der Waals surface area contributed by atoms with Crippen molar-refractivity contribution in [3.8, 4) is 0 Å². The summed E-state index contributed by atoms with van der Waals surface area (Å²) in [5.74, 6) is 0.279. The van der Waals surface area contributed by atoms with Crippen molar-refractivity contribution in [1.82, 2.24) is 10.3 Å². The fraction of sp³-hybridized carbons (Fsp3) is 0.389. The summed E-state index contributed by atoms with van der Waals surface area (Å²) < 4.78 is 0. The number of aromatic nitrogens is 1. The predicted molar refractivity (Wildman–Crippen MR) is 93.3 cm³/mol. The molecule has 0 spiro atoms. The van der Waals surface area contributed by atoms with E-state index in [1.54, 1.807) is 0 Å². The van der Waals surface area contributed by atoms with Crippen LogP contribution in [-0.4, -0.2) is 24.1 Å². The Balaban J connectivity index is 2.01. The van der Waals surface area contributed by atoms with Crippen LogP contribution in [-0.2, 0) is 0 Å². The molecule has 3 N–H and O–H groups in total. The molecule has 2 aromatic rings. The second-order valence-corrected chi connectivity index (χ2v) is 6.10. The zero-order valence-electron chi connectivity index (χ0n) is 13.0. The van der Waals surface area contributed by atoms with Gasteiger partial charge in [0.2, 0.25) is 0 Å². The molecule has 2 atom stereocenters. The Kier molecular flexibility index (Phi) is 6.84. The van der Waals surface area contributed by atoms with Crippen molar-refractivity contribution in [1.29, 1.82) is 0 Å². The van der Waals surface area contributed by atoms with Crippen LogP contribution >= 0.6 is 11.6 Å². The molecule has 0 aliphatic rings. The highest BCUT2D eigenvalue weighted by Crippen LogP contribution is 2.27. The monoisotopic (exact) mass is 317 g/mol. The number of nitrogens with zero attached hydrogens (tertiary/aromatic N) is 1. The highest BCUT2D eigenvalue weighted by Gasteiger charge is 2.15. The van der Waals surface area contributed by atoms with Gasteiger partial charge in [0.05, 0.1) is 0 Å². The average molecular weight is 318 g/mol. The minimum Gasteiger partial charge on any atom is -0.328 e. The van der Waals surface area contributed by atoms with E-state index >= 15 is 0 Å². The largest absolute Gasteiger partial charge is 0.328 e. The lowest BCUT2D eigenvalue weighted by Crippen LogP contribution is -2.25. The van der Waals surface area contributed by atoms with Gasteiger partial charge in [-0.15, -0.1) is 0 Å². The maximum Gasteiger partial charge on any atom is 0.0478 e. The number of hydrogen-bond acceptors (Lipinski definition) is 3. The standard InChI is InChI=1S/C18H24ClN3/c1-14(20)9-12-21-13-10-17(18-4-2-3-11-22-18)15-5-7-16(19)8-6-15/h2-8,11,14,17,21H,9-10,12-13,20H2,1H3. The summed E-state index contributed by atoms with van der Waals surface area (Å²) >= 11 is 6.00. The lowest BCUT2D eigenvalue weighted by molar-refractivity contribution is 0.559. The molecule has 0 saturated carbocycles. The molecular formula is C18H24ClN3. The average Bonchev–Trinajstić information content (AvgIpc) is 2.53. The Hall–Kier alpha value is -1.42. The molecule has 0 saturated heterocycles. The molecule has 2 rings (SSSR count). The van der Waals surface area contributed by atoms with E-state index < -0.39 is 0 Å². The summed E-state index contributed by atoms with van der Waals surface area (Å²) in [4.78, 5) is 4.52. The van der Waals surface area contributed by atoms with Crippen molar-refractivity contribution >= 4 is 11.6 Å². The third-order valence-corrected chi connectivity index (χ3v) is 3.96. The predicted octanol–water partition coefficient (Wildman–Crippen LogP) is 3.58. The first-order chi connectivity index (χ1) is 10.7. The van der Waals surface area contributed by atoms with Crippen LogP contribution in [0.2, 0.25) is 5.02 Å². The zero-order valence-corrected chi connectivity index (χ0v) is 13.8. The molecule has 1 heterocycles. The third-order valence-electron chi connectivity index (χ3n) is 3.70. The van der Waals surface area contributed by atoms with Crippen molar-refractivity contribution < 1.29 is 0 Å². The number of rotatable bonds is 8. The van der Waals surface area contributed by atoms with E-state index in [-0.39, 0.29) is 12.0 Å². The van der Waals surface area contributed by atoms with Crippen molar-refractivity contribution in [2.45, 2.75) is 31.7 Å². The molecule has 0 amide bonds. The van der Waals surface area contributed by atoms with Crippen LogP contribution in [0.5, 0.6) is 0 Å². The van der Waals surface area contributed by atoms with Gasteiger partial charge in [-0.25, -0.2) is 0 Å². The Morgan fingerprint density at radius 1 is 1.09 bits per heavy atom. The molecule has 4 heteroatoms. The summed E-state index contributed by atoms with van der Waals surface area (Å²) in [6, 6.07) is 14.4. The van der Waals surface area contributed by atoms with E-state index in [2.05, 4.69) is 28.5 Å². The first kappa shape index (κ1) is 16.9. The first-order valence-corrected chi connectivity index (χ1v) is 8.17. The molecule has 0 aliphatic heterocycles. The summed E-state index contributed by atoms with van der Waals surface area (Å²) in [6.07, 6.45) is 3.84. The van der Waals surface area contributed by atoms with Crippen molar-refractivity contribution in [3.63, 3.8) is 0 Å². The van der Waals surface area contributed by atoms with Gasteiger partial charge in [-0.05, 0) is 62.7 Å². The molecule has 118 valence electrons. The number of nitrogens with two attached hydrogens (primary N) is 1. The smallest absolute Gasteiger partial charge is 0.0478 e. The normalized spacial score (nSPS) is 13.8. The van der Waals surface area contributed by atoms with Gasteiger partial charge >= 0.3 is 0 Å². The number of hydrogen-bond donors (Lipinski definition) is 2. The fourth-order valence-electron chi connectivity index (χ4n) is 2.46. The second-order valence-electron chi connectivity index (χ2n) is 5.66. The summed E-state index contributed by atoms with van der Waals surface area (Å²) in [5.41, 5.74) is 8.11. The molecule has 22 heavy (non-hydrogen) atoms. The van der Waals surface area contributed by atoms with Gasteiger partial charge in [0.15, 0.2) is 0 Å². The van der Waals surface area contributed by atoms with Gasteiger partial charge < -0.3 is 11.1 Å². The molecule has 0 fully saturated rings. The van der Waals surface area contributed by atoms with Crippen molar-refractivity contribution in [2.75, 3.05) is 13.1 Å². The molecule has 0 radical (unpaired) electrons. The molecule has 3 nitrogen and oxygen atoms in total.